The van der Waals surface area contributed by atoms with Crippen LogP contribution in [0.4, 0.5) is 0 Å². The van der Waals surface area contributed by atoms with Crippen molar-refractivity contribution in [2.75, 3.05) is 19.8 Å². The smallest absolute Gasteiger partial charge is 0.251 e. The zero-order valence-electron chi connectivity index (χ0n) is 11.2. The van der Waals surface area contributed by atoms with Crippen LogP contribution in [0, 0.1) is 6.92 Å². The van der Waals surface area contributed by atoms with Crippen molar-refractivity contribution in [1.29, 1.82) is 0 Å². The Labute approximate surface area is 111 Å². The lowest BCUT2D eigenvalue weighted by molar-refractivity contribution is 0.0944. The van der Waals surface area contributed by atoms with Crippen molar-refractivity contribution in [1.82, 2.24) is 19.9 Å². The maximum absolute atomic E-state index is 11.9. The van der Waals surface area contributed by atoms with Crippen molar-refractivity contribution in [2.45, 2.75) is 20.3 Å². The summed E-state index contributed by atoms with van der Waals surface area (Å²) in [6, 6.07) is 3.50. The van der Waals surface area contributed by atoms with E-state index in [1.54, 1.807) is 18.3 Å². The Balaban J connectivity index is 1.93. The van der Waals surface area contributed by atoms with Crippen molar-refractivity contribution in [3.05, 3.63) is 29.7 Å². The first kappa shape index (κ1) is 13.5. The van der Waals surface area contributed by atoms with Crippen LogP contribution in [0.25, 0.3) is 5.65 Å². The molecule has 2 heterocycles. The summed E-state index contributed by atoms with van der Waals surface area (Å²) in [5.41, 5.74) is 1.27. The van der Waals surface area contributed by atoms with Crippen LogP contribution in [0.2, 0.25) is 0 Å². The highest BCUT2D eigenvalue weighted by Crippen LogP contribution is 2.06. The van der Waals surface area contributed by atoms with Gasteiger partial charge in [-0.2, -0.15) is 0 Å². The van der Waals surface area contributed by atoms with Crippen LogP contribution in [-0.2, 0) is 4.74 Å². The van der Waals surface area contributed by atoms with Crippen LogP contribution < -0.4 is 5.32 Å². The number of rotatable bonds is 6. The summed E-state index contributed by atoms with van der Waals surface area (Å²) in [4.78, 5) is 11.9. The van der Waals surface area contributed by atoms with E-state index in [4.69, 9.17) is 4.74 Å². The lowest BCUT2D eigenvalue weighted by atomic mass is 10.2. The van der Waals surface area contributed by atoms with Crippen LogP contribution in [0.15, 0.2) is 18.3 Å². The molecule has 0 aliphatic heterocycles. The number of hydrogen-bond acceptors (Lipinski definition) is 4. The average Bonchev–Trinajstić information content (AvgIpc) is 2.79. The summed E-state index contributed by atoms with van der Waals surface area (Å²) in [7, 11) is 0. The molecule has 0 aromatic carbocycles. The number of aryl methyl sites for hydroxylation is 1. The molecule has 0 fully saturated rings. The van der Waals surface area contributed by atoms with Gasteiger partial charge in [-0.1, -0.05) is 0 Å². The van der Waals surface area contributed by atoms with Gasteiger partial charge in [0.1, 0.15) is 5.82 Å². The van der Waals surface area contributed by atoms with Crippen molar-refractivity contribution in [2.24, 2.45) is 0 Å². The first-order valence-corrected chi connectivity index (χ1v) is 6.39. The number of hydrogen-bond donors (Lipinski definition) is 1. The third kappa shape index (κ3) is 3.29. The molecule has 0 saturated heterocycles. The van der Waals surface area contributed by atoms with Gasteiger partial charge in [-0.3, -0.25) is 9.20 Å². The van der Waals surface area contributed by atoms with Gasteiger partial charge >= 0.3 is 0 Å². The van der Waals surface area contributed by atoms with Gasteiger partial charge in [0, 0.05) is 31.5 Å². The first-order chi connectivity index (χ1) is 9.22. The minimum atomic E-state index is -0.0975. The Hall–Kier alpha value is -1.95. The molecule has 6 nitrogen and oxygen atoms in total. The minimum absolute atomic E-state index is 0.0975. The highest BCUT2D eigenvalue weighted by Gasteiger charge is 2.07. The monoisotopic (exact) mass is 262 g/mol. The Morgan fingerprint density at radius 1 is 1.47 bits per heavy atom. The quantitative estimate of drug-likeness (QED) is 0.794. The van der Waals surface area contributed by atoms with E-state index in [1.165, 1.54) is 0 Å². The summed E-state index contributed by atoms with van der Waals surface area (Å²) >= 11 is 0. The number of fused-ring (bicyclic) bond motifs is 1. The maximum atomic E-state index is 11.9. The summed E-state index contributed by atoms with van der Waals surface area (Å²) in [6.07, 6.45) is 2.62. The minimum Gasteiger partial charge on any atom is -0.382 e. The van der Waals surface area contributed by atoms with Gasteiger partial charge in [0.05, 0.1) is 0 Å². The topological polar surface area (TPSA) is 68.5 Å². The van der Waals surface area contributed by atoms with Crippen LogP contribution >= 0.6 is 0 Å². The van der Waals surface area contributed by atoms with E-state index >= 15 is 0 Å². The number of ether oxygens (including phenoxy) is 1. The third-order valence-corrected chi connectivity index (χ3v) is 2.80. The lowest BCUT2D eigenvalue weighted by Gasteiger charge is -2.05. The largest absolute Gasteiger partial charge is 0.382 e. The molecule has 0 aliphatic rings. The molecule has 102 valence electrons. The average molecular weight is 262 g/mol. The fraction of sp³-hybridized carbons (Fsp3) is 0.462. The van der Waals surface area contributed by atoms with E-state index in [2.05, 4.69) is 15.5 Å². The summed E-state index contributed by atoms with van der Waals surface area (Å²) < 4.78 is 7.05. The lowest BCUT2D eigenvalue weighted by Crippen LogP contribution is -2.25. The molecule has 2 rings (SSSR count). The molecule has 1 amide bonds. The van der Waals surface area contributed by atoms with Crippen LogP contribution in [-0.4, -0.2) is 40.3 Å². The molecule has 1 N–H and O–H groups in total. The molecule has 0 aliphatic carbocycles. The number of carbonyl (C=O) groups excluding carboxylic acids is 1. The predicted molar refractivity (Wildman–Crippen MR) is 71.2 cm³/mol. The van der Waals surface area contributed by atoms with E-state index in [-0.39, 0.29) is 5.91 Å². The second kappa shape index (κ2) is 6.29. The number of nitrogens with zero attached hydrogens (tertiary/aromatic N) is 3. The SMILES string of the molecule is CCOCCCNC(=O)c1ccn2c(C)nnc2c1. The molecular weight excluding hydrogens is 244 g/mol. The van der Waals surface area contributed by atoms with Crippen LogP contribution in [0.3, 0.4) is 0 Å². The maximum Gasteiger partial charge on any atom is 0.251 e. The number of carbonyl (C=O) groups is 1. The zero-order valence-corrected chi connectivity index (χ0v) is 11.2. The number of amides is 1. The molecule has 19 heavy (non-hydrogen) atoms. The molecule has 0 radical (unpaired) electrons. The number of nitrogens with one attached hydrogen (secondary N) is 1. The molecule has 0 atom stereocenters. The van der Waals surface area contributed by atoms with Gasteiger partial charge in [0.25, 0.3) is 5.91 Å². The highest BCUT2D eigenvalue weighted by atomic mass is 16.5. The molecular formula is C13H18N4O2. The molecule has 2 aromatic rings. The molecule has 0 saturated carbocycles. The van der Waals surface area contributed by atoms with Crippen LogP contribution in [0.5, 0.6) is 0 Å². The predicted octanol–water partition coefficient (Wildman–Crippen LogP) is 1.19. The van der Waals surface area contributed by atoms with E-state index < -0.39 is 0 Å². The standard InChI is InChI=1S/C13H18N4O2/c1-3-19-8-4-6-14-13(18)11-5-7-17-10(2)15-16-12(17)9-11/h5,7,9H,3-4,6,8H2,1-2H3,(H,14,18). The first-order valence-electron chi connectivity index (χ1n) is 6.39. The second-order valence-corrected chi connectivity index (χ2v) is 4.20. The fourth-order valence-electron chi connectivity index (χ4n) is 1.77. The Morgan fingerprint density at radius 2 is 2.32 bits per heavy atom. The fourth-order valence-corrected chi connectivity index (χ4v) is 1.77. The van der Waals surface area contributed by atoms with Gasteiger partial charge < -0.3 is 10.1 Å². The molecule has 0 spiro atoms. The Kier molecular flexibility index (Phi) is 4.46. The van der Waals surface area contributed by atoms with Gasteiger partial charge in [0.15, 0.2) is 5.65 Å². The number of aromatic nitrogens is 3. The second-order valence-electron chi connectivity index (χ2n) is 4.20. The normalized spacial score (nSPS) is 10.8. The van der Waals surface area contributed by atoms with Gasteiger partial charge in [-0.05, 0) is 32.4 Å². The van der Waals surface area contributed by atoms with Crippen molar-refractivity contribution < 1.29 is 9.53 Å². The van der Waals surface area contributed by atoms with E-state index in [0.29, 0.717) is 31.0 Å². The van der Waals surface area contributed by atoms with E-state index in [1.807, 2.05) is 18.2 Å². The van der Waals surface area contributed by atoms with E-state index in [0.717, 1.165) is 12.2 Å². The summed E-state index contributed by atoms with van der Waals surface area (Å²) in [5, 5.41) is 10.8. The zero-order chi connectivity index (χ0) is 13.7. The molecule has 0 unspecified atom stereocenters. The van der Waals surface area contributed by atoms with Crippen molar-refractivity contribution in [3.63, 3.8) is 0 Å². The van der Waals surface area contributed by atoms with E-state index in [9.17, 15) is 4.79 Å². The van der Waals surface area contributed by atoms with Crippen LogP contribution in [0.1, 0.15) is 29.5 Å². The van der Waals surface area contributed by atoms with Gasteiger partial charge in [-0.25, -0.2) is 0 Å². The van der Waals surface area contributed by atoms with Gasteiger partial charge in [0.2, 0.25) is 0 Å². The number of pyridine rings is 1. The summed E-state index contributed by atoms with van der Waals surface area (Å²) in [5.74, 6) is 0.707. The third-order valence-electron chi connectivity index (χ3n) is 2.80. The Bertz CT molecular complexity index is 565. The van der Waals surface area contributed by atoms with Gasteiger partial charge in [-0.15, -0.1) is 10.2 Å². The molecule has 0 bridgehead atoms. The van der Waals surface area contributed by atoms with Crippen molar-refractivity contribution >= 4 is 11.6 Å². The Morgan fingerprint density at radius 3 is 3.11 bits per heavy atom. The molecule has 2 aromatic heterocycles. The highest BCUT2D eigenvalue weighted by molar-refractivity contribution is 5.94. The molecule has 6 heteroatoms. The summed E-state index contributed by atoms with van der Waals surface area (Å²) in [6.45, 7) is 5.80. The van der Waals surface area contributed by atoms with Crippen molar-refractivity contribution in [3.8, 4) is 0 Å².